The van der Waals surface area contributed by atoms with Crippen molar-refractivity contribution >= 4 is 5.97 Å². The Labute approximate surface area is 381 Å². The van der Waals surface area contributed by atoms with Gasteiger partial charge in [-0.25, -0.2) is 0 Å². The molecule has 1 spiro atoms. The molecule has 0 amide bonds. The third kappa shape index (κ3) is 8.37. The van der Waals surface area contributed by atoms with Gasteiger partial charge in [0.1, 0.15) is 79.5 Å². The summed E-state index contributed by atoms with van der Waals surface area (Å²) in [6, 6.07) is 0. The molecule has 18 nitrogen and oxygen atoms in total. The highest BCUT2D eigenvalue weighted by Crippen LogP contribution is 2.70. The normalized spacial score (nSPS) is 55.4. The van der Waals surface area contributed by atoms with Crippen LogP contribution in [0.3, 0.4) is 0 Å². The average molecular weight is 926 g/mol. The number of aliphatic hydroxyl groups excluding tert-OH is 8. The van der Waals surface area contributed by atoms with Crippen molar-refractivity contribution < 1.29 is 83.5 Å². The first-order chi connectivity index (χ1) is 30.8. The number of fused-ring (bicyclic) bond motifs is 7. The molecule has 8 fully saturated rings. The minimum Gasteiger partial charge on any atom is -0.463 e. The van der Waals surface area contributed by atoms with Crippen LogP contribution in [0.4, 0.5) is 0 Å². The summed E-state index contributed by atoms with van der Waals surface area (Å²) in [5.74, 6) is 2.63. The predicted octanol–water partition coefficient (Wildman–Crippen LogP) is 0.358. The van der Waals surface area contributed by atoms with E-state index in [0.717, 1.165) is 45.6 Å². The molecule has 0 aromatic rings. The fraction of sp³-hybridized carbons (Fsp3) is 0.936. The van der Waals surface area contributed by atoms with Crippen molar-refractivity contribution in [3.63, 3.8) is 0 Å². The monoisotopic (exact) mass is 926 g/mol. The highest BCUT2D eigenvalue weighted by Gasteiger charge is 2.68. The number of rotatable bonds is 9. The number of piperidine rings is 1. The van der Waals surface area contributed by atoms with E-state index in [2.05, 4.69) is 39.1 Å². The largest absolute Gasteiger partial charge is 0.463 e. The zero-order valence-corrected chi connectivity index (χ0v) is 38.6. The third-order valence-electron chi connectivity index (χ3n) is 18.2. The van der Waals surface area contributed by atoms with E-state index < -0.39 is 117 Å². The van der Waals surface area contributed by atoms with Crippen molar-refractivity contribution in [2.75, 3.05) is 19.8 Å². The van der Waals surface area contributed by atoms with Crippen molar-refractivity contribution in [1.29, 1.82) is 0 Å². The van der Waals surface area contributed by atoms with Crippen molar-refractivity contribution in [3.8, 4) is 0 Å². The second-order valence-electron chi connectivity index (χ2n) is 21.8. The molecule has 18 heteroatoms. The summed E-state index contributed by atoms with van der Waals surface area (Å²) in [6.07, 6.45) is -12.1. The number of allylic oxidation sites excluding steroid dienone is 1. The van der Waals surface area contributed by atoms with Gasteiger partial charge in [-0.15, -0.1) is 0 Å². The molecule has 0 aromatic heterocycles. The minimum atomic E-state index is -1.85. The lowest BCUT2D eigenvalue weighted by Crippen LogP contribution is -2.67. The van der Waals surface area contributed by atoms with Gasteiger partial charge in [0.15, 0.2) is 18.9 Å². The Kier molecular flexibility index (Phi) is 13.7. The summed E-state index contributed by atoms with van der Waals surface area (Å²) >= 11 is 0. The van der Waals surface area contributed by atoms with E-state index in [1.165, 1.54) is 25.3 Å². The average Bonchev–Trinajstić information content (AvgIpc) is 3.73. The van der Waals surface area contributed by atoms with Crippen molar-refractivity contribution in [2.45, 2.75) is 209 Å². The number of hydrogen-bond donors (Lipinski definition) is 9. The molecule has 370 valence electrons. The summed E-state index contributed by atoms with van der Waals surface area (Å²) in [6.45, 7) is 12.2. The Morgan fingerprint density at radius 1 is 0.769 bits per heavy atom. The zero-order valence-electron chi connectivity index (χ0n) is 38.6. The summed E-state index contributed by atoms with van der Waals surface area (Å²) in [4.78, 5) is 11.5. The Morgan fingerprint density at radius 2 is 1.46 bits per heavy atom. The summed E-state index contributed by atoms with van der Waals surface area (Å²) in [7, 11) is 0. The van der Waals surface area contributed by atoms with Gasteiger partial charge in [-0.3, -0.25) is 10.1 Å². The second kappa shape index (κ2) is 18.4. The van der Waals surface area contributed by atoms with Crippen LogP contribution in [-0.4, -0.2) is 177 Å². The number of hydrogen-bond acceptors (Lipinski definition) is 18. The smallest absolute Gasteiger partial charge is 0.302 e. The molecule has 3 saturated carbocycles. The molecule has 0 radical (unpaired) electrons. The number of ether oxygens (including phenoxy) is 8. The van der Waals surface area contributed by atoms with Crippen LogP contribution in [0.2, 0.25) is 0 Å². The first-order valence-corrected chi connectivity index (χ1v) is 24.4. The van der Waals surface area contributed by atoms with Gasteiger partial charge in [-0.1, -0.05) is 39.3 Å². The van der Waals surface area contributed by atoms with Crippen molar-refractivity contribution in [1.82, 2.24) is 5.32 Å². The fourth-order valence-electron chi connectivity index (χ4n) is 14.4. The molecule has 5 saturated heterocycles. The molecule has 0 bridgehead atoms. The Balaban J connectivity index is 0.915. The maximum absolute atomic E-state index is 12.1. The first kappa shape index (κ1) is 48.6. The van der Waals surface area contributed by atoms with Crippen LogP contribution < -0.4 is 5.32 Å². The van der Waals surface area contributed by atoms with Gasteiger partial charge in [0.25, 0.3) is 0 Å². The van der Waals surface area contributed by atoms with Gasteiger partial charge < -0.3 is 78.7 Å². The van der Waals surface area contributed by atoms with Crippen LogP contribution in [0.25, 0.3) is 0 Å². The van der Waals surface area contributed by atoms with E-state index >= 15 is 0 Å². The summed E-state index contributed by atoms with van der Waals surface area (Å²) in [5, 5.41) is 90.8. The highest BCUT2D eigenvalue weighted by atomic mass is 16.8. The standard InChI is InChI=1S/C47H75NO17/c1-20-9-14-47(48-17-20)21(2)32-29(65-47)16-28-26-8-7-24-15-25(10-12-45(24,5)27(26)11-13-46(28,32)6)60-44-41(64-42-37(55)35(53)33(51)22(3)59-42)39(57)40(30(18-49)61-44)63-43-38(56)36(54)34(52)31(62-43)19-58-23(4)50/h7,20-22,25-44,48-49,51-57H,8-19H2,1-6H3/t20-,21+,22+,25+,26-,27+,28+,29+,30-,31-,32+,33+,34-,35-,36+,37-,38-,39+,40-,41-,42+,43+,44-,45+,46+,47-/m1/s1. The second-order valence-corrected chi connectivity index (χ2v) is 21.8. The predicted molar refractivity (Wildman–Crippen MR) is 226 cm³/mol. The molecule has 9 rings (SSSR count). The van der Waals surface area contributed by atoms with Crippen LogP contribution in [-0.2, 0) is 42.7 Å². The molecule has 4 aliphatic carbocycles. The molecular weight excluding hydrogens is 851 g/mol. The zero-order chi connectivity index (χ0) is 46.5. The van der Waals surface area contributed by atoms with Crippen molar-refractivity contribution in [3.05, 3.63) is 11.6 Å². The van der Waals surface area contributed by atoms with E-state index in [4.69, 9.17) is 37.9 Å². The third-order valence-corrected chi connectivity index (χ3v) is 18.2. The highest BCUT2D eigenvalue weighted by molar-refractivity contribution is 5.65. The van der Waals surface area contributed by atoms with Crippen LogP contribution in [0, 0.1) is 46.3 Å². The van der Waals surface area contributed by atoms with Crippen LogP contribution in [0.15, 0.2) is 11.6 Å². The maximum atomic E-state index is 12.1. The molecule has 5 aliphatic heterocycles. The number of nitrogens with one attached hydrogen (secondary N) is 1. The van der Waals surface area contributed by atoms with Gasteiger partial charge in [0.2, 0.25) is 0 Å². The van der Waals surface area contributed by atoms with E-state index in [9.17, 15) is 45.6 Å². The number of esters is 1. The topological polar surface area (TPSA) is 265 Å². The van der Waals surface area contributed by atoms with E-state index in [0.29, 0.717) is 48.3 Å². The quantitative estimate of drug-likeness (QED) is 0.112. The van der Waals surface area contributed by atoms with E-state index in [-0.39, 0.29) is 22.7 Å². The number of carbonyl (C=O) groups is 1. The van der Waals surface area contributed by atoms with Crippen molar-refractivity contribution in [2.24, 2.45) is 46.3 Å². The summed E-state index contributed by atoms with van der Waals surface area (Å²) < 4.78 is 48.8. The van der Waals surface area contributed by atoms with Gasteiger partial charge in [0, 0.05) is 19.4 Å². The van der Waals surface area contributed by atoms with Gasteiger partial charge in [0.05, 0.1) is 24.9 Å². The van der Waals surface area contributed by atoms with Crippen LogP contribution in [0.1, 0.15) is 99.3 Å². The van der Waals surface area contributed by atoms with E-state index in [1.807, 2.05) is 0 Å². The Bertz CT molecular complexity index is 1730. The molecule has 65 heavy (non-hydrogen) atoms. The SMILES string of the molecule is CC(=O)OC[C@H]1O[C@@H](O[C@H]2[C@H](O)[C@@H](O[C@@H]3O[C@@H](C)[C@H](O)[C@@H](O)[C@H]3O)[C@H](O[C@H]3CC[C@@]4(C)C(=CC[C@H]5[C@@H]6C[C@@H]7O[C@]8(CC[C@@H](C)CN8)[C@@H](C)[C@@H]7[C@@]6(C)CC[C@@H]54)C3)O[C@@H]2CO)[C@H](O)[C@@H](O)[C@@H]1O. The molecular formula is C47H75NO17. The lowest BCUT2D eigenvalue weighted by molar-refractivity contribution is -0.389. The van der Waals surface area contributed by atoms with Gasteiger partial charge in [-0.2, -0.15) is 0 Å². The Morgan fingerprint density at radius 3 is 2.15 bits per heavy atom. The van der Waals surface area contributed by atoms with Gasteiger partial charge in [-0.05, 0) is 105 Å². The molecule has 5 heterocycles. The molecule has 0 unspecified atom stereocenters. The van der Waals surface area contributed by atoms with Gasteiger partial charge >= 0.3 is 5.97 Å². The molecule has 9 aliphatic rings. The maximum Gasteiger partial charge on any atom is 0.302 e. The minimum absolute atomic E-state index is 0.0363. The lowest BCUT2D eigenvalue weighted by atomic mass is 9.47. The molecule has 0 aromatic carbocycles. The first-order valence-electron chi connectivity index (χ1n) is 24.4. The van der Waals surface area contributed by atoms with Crippen LogP contribution in [0.5, 0.6) is 0 Å². The fourth-order valence-corrected chi connectivity index (χ4v) is 14.4. The Hall–Kier alpha value is -1.43. The molecule has 9 N–H and O–H groups in total. The molecule has 26 atom stereocenters. The number of carbonyl (C=O) groups excluding carboxylic acids is 1. The number of aliphatic hydroxyl groups is 8. The van der Waals surface area contributed by atoms with Crippen LogP contribution >= 0.6 is 0 Å². The summed E-state index contributed by atoms with van der Waals surface area (Å²) in [5.41, 5.74) is 1.31. The lowest BCUT2D eigenvalue weighted by Gasteiger charge is -2.59. The van der Waals surface area contributed by atoms with E-state index in [1.54, 1.807) is 0 Å².